The lowest BCUT2D eigenvalue weighted by Crippen LogP contribution is -1.98. The van der Waals surface area contributed by atoms with Gasteiger partial charge in [-0.3, -0.25) is 9.13 Å². The van der Waals surface area contributed by atoms with E-state index in [2.05, 4.69) is 50.9 Å². The van der Waals surface area contributed by atoms with Crippen LogP contribution in [0.3, 0.4) is 0 Å². The van der Waals surface area contributed by atoms with Crippen LogP contribution in [0.25, 0.3) is 55.2 Å². The van der Waals surface area contributed by atoms with E-state index in [0.29, 0.717) is 17.3 Å². The Morgan fingerprint density at radius 3 is 1.62 bits per heavy atom. The monoisotopic (exact) mass is 520 g/mol. The summed E-state index contributed by atoms with van der Waals surface area (Å²) in [6.07, 6.45) is 3.29. The number of ether oxygens (including phenoxy) is 1. The van der Waals surface area contributed by atoms with Gasteiger partial charge in [0.05, 0.1) is 22.1 Å². The third-order valence-electron chi connectivity index (χ3n) is 7.34. The minimum Gasteiger partial charge on any atom is -0.457 e. The van der Waals surface area contributed by atoms with Gasteiger partial charge in [0.1, 0.15) is 29.0 Å². The molecule has 0 unspecified atom stereocenters. The number of para-hydroxylation sites is 2. The largest absolute Gasteiger partial charge is 0.457 e. The number of fused-ring (bicyclic) bond motifs is 6. The number of aromatic nitrogens is 4. The summed E-state index contributed by atoms with van der Waals surface area (Å²) >= 11 is 0. The molecule has 6 heteroatoms. The maximum atomic E-state index is 14.2. The van der Waals surface area contributed by atoms with E-state index in [0.717, 1.165) is 49.4 Å². The van der Waals surface area contributed by atoms with Crippen molar-refractivity contribution in [2.45, 2.75) is 0 Å². The van der Waals surface area contributed by atoms with Crippen LogP contribution in [0.5, 0.6) is 11.5 Å². The molecule has 4 heterocycles. The molecule has 4 aromatic heterocycles. The zero-order valence-electron chi connectivity index (χ0n) is 21.2. The van der Waals surface area contributed by atoms with Gasteiger partial charge in [-0.15, -0.1) is 0 Å². The Bertz CT molecular complexity index is 2220. The van der Waals surface area contributed by atoms with Crippen LogP contribution in [0.1, 0.15) is 0 Å². The summed E-state index contributed by atoms with van der Waals surface area (Å²) in [5.74, 6) is 2.41. The number of rotatable bonds is 4. The van der Waals surface area contributed by atoms with Crippen LogP contribution in [-0.2, 0) is 0 Å². The molecule has 8 aromatic rings. The average molecular weight is 521 g/mol. The van der Waals surface area contributed by atoms with E-state index >= 15 is 0 Å². The number of benzene rings is 4. The highest BCUT2D eigenvalue weighted by molar-refractivity contribution is 6.10. The molecule has 0 bridgehead atoms. The molecular formula is C34H21FN4O. The molecule has 0 amide bonds. The highest BCUT2D eigenvalue weighted by Gasteiger charge is 2.16. The lowest BCUT2D eigenvalue weighted by Gasteiger charge is -2.10. The first-order chi connectivity index (χ1) is 19.7. The van der Waals surface area contributed by atoms with Crippen LogP contribution in [0, 0.1) is 5.82 Å². The molecule has 0 N–H and O–H groups in total. The van der Waals surface area contributed by atoms with Crippen molar-refractivity contribution in [3.63, 3.8) is 0 Å². The van der Waals surface area contributed by atoms with E-state index in [-0.39, 0.29) is 5.82 Å². The smallest absolute Gasteiger partial charge is 0.140 e. The summed E-state index contributed by atoms with van der Waals surface area (Å²) in [5.41, 5.74) is 3.94. The van der Waals surface area contributed by atoms with Gasteiger partial charge in [-0.2, -0.15) is 0 Å². The van der Waals surface area contributed by atoms with Gasteiger partial charge < -0.3 is 4.74 Å². The second kappa shape index (κ2) is 8.78. The second-order valence-corrected chi connectivity index (χ2v) is 9.69. The van der Waals surface area contributed by atoms with E-state index < -0.39 is 0 Å². The van der Waals surface area contributed by atoms with Crippen molar-refractivity contribution in [2.75, 3.05) is 0 Å². The van der Waals surface area contributed by atoms with Crippen LogP contribution in [0.4, 0.5) is 4.39 Å². The Labute approximate surface area is 228 Å². The molecule has 40 heavy (non-hydrogen) atoms. The number of pyridine rings is 2. The van der Waals surface area contributed by atoms with Crippen molar-refractivity contribution in [1.29, 1.82) is 0 Å². The van der Waals surface area contributed by atoms with Gasteiger partial charge in [-0.25, -0.2) is 14.4 Å². The minimum absolute atomic E-state index is 0.333. The van der Waals surface area contributed by atoms with Crippen molar-refractivity contribution in [2.24, 2.45) is 0 Å². The normalized spacial score (nSPS) is 11.6. The minimum atomic E-state index is -0.333. The Kier molecular flexibility index (Phi) is 4.94. The first kappa shape index (κ1) is 22.5. The van der Waals surface area contributed by atoms with E-state index in [1.54, 1.807) is 6.20 Å². The molecule has 0 aliphatic carbocycles. The molecule has 0 aliphatic rings. The molecule has 0 saturated carbocycles. The third-order valence-corrected chi connectivity index (χ3v) is 7.34. The van der Waals surface area contributed by atoms with E-state index in [4.69, 9.17) is 4.74 Å². The zero-order chi connectivity index (χ0) is 26.6. The fourth-order valence-corrected chi connectivity index (χ4v) is 5.66. The Morgan fingerprint density at radius 2 is 1.02 bits per heavy atom. The van der Waals surface area contributed by atoms with E-state index in [1.165, 1.54) is 18.3 Å². The fraction of sp³-hybridized carbons (Fsp3) is 0. The Hall–Kier alpha value is -5.49. The lowest BCUT2D eigenvalue weighted by molar-refractivity contribution is 0.484. The van der Waals surface area contributed by atoms with Gasteiger partial charge in [-0.1, -0.05) is 42.5 Å². The molecule has 190 valence electrons. The van der Waals surface area contributed by atoms with Crippen molar-refractivity contribution in [1.82, 2.24) is 19.1 Å². The van der Waals surface area contributed by atoms with Gasteiger partial charge in [0.15, 0.2) is 0 Å². The standard InChI is InChI=1S/C34H21FN4O/c35-22-16-18-37-34(19-22)39-30-10-4-2-8-26(30)28-15-13-24(21-32(28)39)40-23-12-14-27-25-7-1-3-9-29(25)38(31(27)20-23)33-11-5-6-17-36-33/h1-21H. The molecular weight excluding hydrogens is 499 g/mol. The SMILES string of the molecule is Fc1ccnc(-n2c3ccccc3c3ccc(Oc4ccc5c6ccccc6n(-c6ccccn6)c5c4)cc32)c1. The van der Waals surface area contributed by atoms with Gasteiger partial charge in [-0.05, 0) is 54.6 Å². The van der Waals surface area contributed by atoms with Crippen molar-refractivity contribution < 1.29 is 9.13 Å². The molecule has 4 aromatic carbocycles. The number of nitrogens with zero attached hydrogens (tertiary/aromatic N) is 4. The molecule has 0 atom stereocenters. The Balaban J connectivity index is 1.29. The molecule has 8 rings (SSSR count). The van der Waals surface area contributed by atoms with Crippen LogP contribution in [-0.4, -0.2) is 19.1 Å². The number of hydrogen-bond donors (Lipinski definition) is 0. The lowest BCUT2D eigenvalue weighted by atomic mass is 10.1. The molecule has 0 aliphatic heterocycles. The summed E-state index contributed by atoms with van der Waals surface area (Å²) in [4.78, 5) is 9.08. The summed E-state index contributed by atoms with van der Waals surface area (Å²) in [6.45, 7) is 0. The first-order valence-corrected chi connectivity index (χ1v) is 13.0. The van der Waals surface area contributed by atoms with Crippen LogP contribution < -0.4 is 4.74 Å². The predicted octanol–water partition coefficient (Wildman–Crippen LogP) is 8.60. The average Bonchev–Trinajstić information content (AvgIpc) is 3.50. The van der Waals surface area contributed by atoms with Crippen LogP contribution >= 0.6 is 0 Å². The zero-order valence-corrected chi connectivity index (χ0v) is 21.2. The van der Waals surface area contributed by atoms with Gasteiger partial charge in [0.2, 0.25) is 0 Å². The maximum Gasteiger partial charge on any atom is 0.140 e. The summed E-state index contributed by atoms with van der Waals surface area (Å²) in [5, 5.41) is 4.39. The predicted molar refractivity (Wildman–Crippen MR) is 157 cm³/mol. The highest BCUT2D eigenvalue weighted by Crippen LogP contribution is 2.37. The van der Waals surface area contributed by atoms with Crippen molar-refractivity contribution in [3.05, 3.63) is 133 Å². The molecule has 0 fully saturated rings. The third kappa shape index (κ3) is 3.47. The van der Waals surface area contributed by atoms with Crippen LogP contribution in [0.15, 0.2) is 128 Å². The molecule has 0 spiro atoms. The van der Waals surface area contributed by atoms with Gasteiger partial charge >= 0.3 is 0 Å². The van der Waals surface area contributed by atoms with Crippen molar-refractivity contribution in [3.8, 4) is 23.1 Å². The molecule has 5 nitrogen and oxygen atoms in total. The van der Waals surface area contributed by atoms with Crippen molar-refractivity contribution >= 4 is 43.6 Å². The molecule has 0 radical (unpaired) electrons. The van der Waals surface area contributed by atoms with E-state index in [9.17, 15) is 4.39 Å². The Morgan fingerprint density at radius 1 is 0.475 bits per heavy atom. The summed E-state index contributed by atoms with van der Waals surface area (Å²) < 4.78 is 24.8. The van der Waals surface area contributed by atoms with E-state index in [1.807, 2.05) is 71.3 Å². The van der Waals surface area contributed by atoms with Gasteiger partial charge in [0.25, 0.3) is 0 Å². The maximum absolute atomic E-state index is 14.2. The van der Waals surface area contributed by atoms with Gasteiger partial charge in [0, 0.05) is 52.1 Å². The molecule has 0 saturated heterocycles. The topological polar surface area (TPSA) is 44.9 Å². The number of hydrogen-bond acceptors (Lipinski definition) is 3. The second-order valence-electron chi connectivity index (χ2n) is 9.69. The summed E-state index contributed by atoms with van der Waals surface area (Å²) in [6, 6.07) is 37.3. The summed E-state index contributed by atoms with van der Waals surface area (Å²) in [7, 11) is 0. The fourth-order valence-electron chi connectivity index (χ4n) is 5.66. The quantitative estimate of drug-likeness (QED) is 0.233. The highest BCUT2D eigenvalue weighted by atomic mass is 19.1. The van der Waals surface area contributed by atoms with Crippen LogP contribution in [0.2, 0.25) is 0 Å². The first-order valence-electron chi connectivity index (χ1n) is 13.0. The number of halogens is 1.